The molecule has 0 aliphatic rings. The third-order valence-electron chi connectivity index (χ3n) is 3.12. The summed E-state index contributed by atoms with van der Waals surface area (Å²) in [7, 11) is 2.52. The second kappa shape index (κ2) is 9.58. The monoisotopic (exact) mass is 360 g/mol. The van der Waals surface area contributed by atoms with Gasteiger partial charge >= 0.3 is 23.9 Å². The van der Waals surface area contributed by atoms with E-state index in [9.17, 15) is 19.2 Å². The fourth-order valence-corrected chi connectivity index (χ4v) is 1.81. The van der Waals surface area contributed by atoms with Gasteiger partial charge in [-0.2, -0.15) is 0 Å². The lowest BCUT2D eigenvalue weighted by Crippen LogP contribution is -2.11. The predicted octanol–water partition coefficient (Wildman–Crippen LogP) is 2.34. The minimum atomic E-state index is -1.06. The molecule has 0 unspecified atom stereocenters. The number of hydrogen-bond acceptors (Lipinski definition) is 6. The van der Waals surface area contributed by atoms with Gasteiger partial charge in [-0.05, 0) is 36.4 Å². The highest BCUT2D eigenvalue weighted by Crippen LogP contribution is 2.11. The Morgan fingerprint density at radius 3 is 1.19 bits per heavy atom. The summed E-state index contributed by atoms with van der Waals surface area (Å²) in [6.45, 7) is 0. The molecule has 0 bridgehead atoms. The van der Waals surface area contributed by atoms with Crippen molar-refractivity contribution in [3.63, 3.8) is 0 Å². The lowest BCUT2D eigenvalue weighted by Gasteiger charge is -2.04. The summed E-state index contributed by atoms with van der Waals surface area (Å²) in [5, 5.41) is 16.9. The van der Waals surface area contributed by atoms with Gasteiger partial charge in [-0.1, -0.05) is 12.1 Å². The van der Waals surface area contributed by atoms with Gasteiger partial charge in [-0.25, -0.2) is 19.2 Å². The second-order valence-corrected chi connectivity index (χ2v) is 4.72. The van der Waals surface area contributed by atoms with E-state index in [4.69, 9.17) is 10.2 Å². The van der Waals surface area contributed by atoms with Crippen LogP contribution in [0.2, 0.25) is 0 Å². The number of esters is 2. The molecule has 0 spiro atoms. The minimum absolute atomic E-state index is 0.0833. The van der Waals surface area contributed by atoms with Gasteiger partial charge < -0.3 is 19.7 Å². The number of ether oxygens (including phenoxy) is 2. The second-order valence-electron chi connectivity index (χ2n) is 4.72. The standard InChI is InChI=1S/C10H10O4.C8H6O4/c1-13-9(11)7-5-3-4-6-8(7)10(12)14-2;9-7(10)5-1-2-6(4-3-5)8(11)12/h3-6H,1-2H3;1-4H,(H,9,10)(H,11,12). The molecule has 0 aromatic heterocycles. The molecule has 0 atom stereocenters. The van der Waals surface area contributed by atoms with Crippen LogP contribution in [0.1, 0.15) is 41.4 Å². The van der Waals surface area contributed by atoms with Crippen LogP contribution in [0.25, 0.3) is 0 Å². The van der Waals surface area contributed by atoms with Crippen molar-refractivity contribution in [1.29, 1.82) is 0 Å². The molecule has 0 radical (unpaired) electrons. The van der Waals surface area contributed by atoms with E-state index in [-0.39, 0.29) is 22.3 Å². The number of carbonyl (C=O) groups is 4. The molecule has 2 aromatic carbocycles. The molecular weight excluding hydrogens is 344 g/mol. The van der Waals surface area contributed by atoms with Crippen LogP contribution >= 0.6 is 0 Å². The lowest BCUT2D eigenvalue weighted by atomic mass is 10.1. The van der Waals surface area contributed by atoms with Gasteiger partial charge in [0.1, 0.15) is 0 Å². The molecule has 0 saturated heterocycles. The third-order valence-corrected chi connectivity index (χ3v) is 3.12. The van der Waals surface area contributed by atoms with Gasteiger partial charge in [0.2, 0.25) is 0 Å². The first-order valence-electron chi connectivity index (χ1n) is 7.14. The summed E-state index contributed by atoms with van der Waals surface area (Å²) in [6.07, 6.45) is 0. The highest BCUT2D eigenvalue weighted by molar-refractivity contribution is 6.03. The molecule has 136 valence electrons. The minimum Gasteiger partial charge on any atom is -0.478 e. The van der Waals surface area contributed by atoms with Gasteiger partial charge in [0.05, 0.1) is 36.5 Å². The Labute approximate surface area is 148 Å². The first-order valence-corrected chi connectivity index (χ1v) is 7.14. The van der Waals surface area contributed by atoms with Crippen molar-refractivity contribution < 1.29 is 38.9 Å². The molecule has 8 nitrogen and oxygen atoms in total. The van der Waals surface area contributed by atoms with Gasteiger partial charge in [0.15, 0.2) is 0 Å². The summed E-state index contributed by atoms with van der Waals surface area (Å²) in [5.74, 6) is -3.23. The number of benzene rings is 2. The molecule has 0 amide bonds. The third kappa shape index (κ3) is 5.45. The first kappa shape index (κ1) is 20.4. The Bertz CT molecular complexity index is 740. The van der Waals surface area contributed by atoms with Crippen molar-refractivity contribution in [2.45, 2.75) is 0 Å². The van der Waals surface area contributed by atoms with Crippen LogP contribution in [0, 0.1) is 0 Å². The zero-order valence-electron chi connectivity index (χ0n) is 14.0. The summed E-state index contributed by atoms with van der Waals surface area (Å²) in [6, 6.07) is 11.3. The lowest BCUT2D eigenvalue weighted by molar-refractivity contribution is 0.0555. The zero-order valence-corrected chi connectivity index (χ0v) is 14.0. The van der Waals surface area contributed by atoms with Crippen molar-refractivity contribution in [3.8, 4) is 0 Å². The summed E-state index contributed by atoms with van der Waals surface area (Å²) in [5.41, 5.74) is 0.587. The van der Waals surface area contributed by atoms with E-state index in [1.807, 2.05) is 0 Å². The van der Waals surface area contributed by atoms with Gasteiger partial charge in [-0.15, -0.1) is 0 Å². The zero-order chi connectivity index (χ0) is 19.7. The van der Waals surface area contributed by atoms with E-state index in [0.717, 1.165) is 0 Å². The van der Waals surface area contributed by atoms with E-state index >= 15 is 0 Å². The summed E-state index contributed by atoms with van der Waals surface area (Å²) in [4.78, 5) is 43.1. The SMILES string of the molecule is COC(=O)c1ccccc1C(=O)OC.O=C(O)c1ccc(C(=O)O)cc1. The summed E-state index contributed by atoms with van der Waals surface area (Å²) >= 11 is 0. The Hall–Kier alpha value is -3.68. The van der Waals surface area contributed by atoms with E-state index in [1.54, 1.807) is 12.1 Å². The van der Waals surface area contributed by atoms with Gasteiger partial charge in [0, 0.05) is 0 Å². The highest BCUT2D eigenvalue weighted by Gasteiger charge is 2.16. The fraction of sp³-hybridized carbons (Fsp3) is 0.111. The van der Waals surface area contributed by atoms with Crippen LogP contribution < -0.4 is 0 Å². The molecular formula is C18H16O8. The smallest absolute Gasteiger partial charge is 0.338 e. The van der Waals surface area contributed by atoms with Gasteiger partial charge in [0.25, 0.3) is 0 Å². The number of carboxylic acid groups (broad SMARTS) is 2. The number of aromatic carboxylic acids is 2. The van der Waals surface area contributed by atoms with Gasteiger partial charge in [-0.3, -0.25) is 0 Å². The van der Waals surface area contributed by atoms with Crippen LogP contribution in [0.15, 0.2) is 48.5 Å². The Morgan fingerprint density at radius 2 is 0.962 bits per heavy atom. The maximum atomic E-state index is 11.2. The summed E-state index contributed by atoms with van der Waals surface area (Å²) < 4.78 is 9.05. The molecule has 0 heterocycles. The Balaban J connectivity index is 0.000000263. The number of carbonyl (C=O) groups excluding carboxylic acids is 2. The fourth-order valence-electron chi connectivity index (χ4n) is 1.81. The van der Waals surface area contributed by atoms with Crippen LogP contribution in [-0.2, 0) is 9.47 Å². The molecule has 2 N–H and O–H groups in total. The van der Waals surface area contributed by atoms with Crippen LogP contribution in [0.3, 0.4) is 0 Å². The highest BCUT2D eigenvalue weighted by atomic mass is 16.5. The largest absolute Gasteiger partial charge is 0.478 e. The maximum Gasteiger partial charge on any atom is 0.338 e. The van der Waals surface area contributed by atoms with Crippen LogP contribution in [0.5, 0.6) is 0 Å². The van der Waals surface area contributed by atoms with Crippen molar-refractivity contribution in [2.75, 3.05) is 14.2 Å². The average molecular weight is 360 g/mol. The molecule has 8 heteroatoms. The van der Waals surface area contributed by atoms with E-state index in [1.165, 1.54) is 50.6 Å². The van der Waals surface area contributed by atoms with E-state index in [2.05, 4.69) is 9.47 Å². The molecule has 0 aliphatic heterocycles. The van der Waals surface area contributed by atoms with Crippen molar-refractivity contribution in [3.05, 3.63) is 70.8 Å². The number of rotatable bonds is 4. The average Bonchev–Trinajstić information content (AvgIpc) is 2.67. The molecule has 0 fully saturated rings. The molecule has 26 heavy (non-hydrogen) atoms. The quantitative estimate of drug-likeness (QED) is 0.795. The predicted molar refractivity (Wildman–Crippen MR) is 89.5 cm³/mol. The number of carboxylic acids is 2. The van der Waals surface area contributed by atoms with Crippen molar-refractivity contribution in [1.82, 2.24) is 0 Å². The van der Waals surface area contributed by atoms with Crippen LogP contribution in [-0.4, -0.2) is 48.3 Å². The normalized spacial score (nSPS) is 9.31. The molecule has 2 aromatic rings. The Morgan fingerprint density at radius 1 is 0.654 bits per heavy atom. The first-order chi connectivity index (χ1) is 12.3. The van der Waals surface area contributed by atoms with E-state index in [0.29, 0.717) is 0 Å². The molecule has 2 rings (SSSR count). The molecule has 0 aliphatic carbocycles. The van der Waals surface area contributed by atoms with Crippen molar-refractivity contribution >= 4 is 23.9 Å². The Kier molecular flexibility index (Phi) is 7.50. The van der Waals surface area contributed by atoms with E-state index < -0.39 is 23.9 Å². The number of methoxy groups -OCH3 is 2. The topological polar surface area (TPSA) is 127 Å². The van der Waals surface area contributed by atoms with Crippen molar-refractivity contribution in [2.24, 2.45) is 0 Å². The number of hydrogen-bond donors (Lipinski definition) is 2. The maximum absolute atomic E-state index is 11.2. The van der Waals surface area contributed by atoms with Crippen LogP contribution in [0.4, 0.5) is 0 Å². The molecule has 0 saturated carbocycles.